The number of hydrogen-bond donors (Lipinski definition) is 1. The number of halogens is 2. The minimum absolute atomic E-state index is 0. The van der Waals surface area contributed by atoms with Crippen molar-refractivity contribution in [2.75, 3.05) is 13.3 Å². The van der Waals surface area contributed by atoms with Gasteiger partial charge in [-0.05, 0) is 44.1 Å². The Kier molecular flexibility index (Phi) is 7.86. The van der Waals surface area contributed by atoms with Gasteiger partial charge in [0.2, 0.25) is 5.91 Å². The highest BCUT2D eigenvalue weighted by Gasteiger charge is 2.36. The molecular formula is C19H28Cl2N4OS. The monoisotopic (exact) mass is 430 g/mol. The number of thioether (sulfide) groups is 1. The average Bonchev–Trinajstić information content (AvgIpc) is 3.14. The van der Waals surface area contributed by atoms with Crippen LogP contribution in [0.3, 0.4) is 0 Å². The predicted molar refractivity (Wildman–Crippen MR) is 117 cm³/mol. The Morgan fingerprint density at radius 3 is 2.59 bits per heavy atom. The lowest BCUT2D eigenvalue weighted by Gasteiger charge is -2.35. The molecule has 1 aromatic carbocycles. The lowest BCUT2D eigenvalue weighted by Crippen LogP contribution is -2.49. The van der Waals surface area contributed by atoms with Crippen LogP contribution in [0.15, 0.2) is 24.3 Å². The molecule has 2 unspecified atom stereocenters. The molecule has 0 spiro atoms. The third-order valence-corrected chi connectivity index (χ3v) is 6.24. The molecule has 8 heteroatoms. The Morgan fingerprint density at radius 1 is 1.26 bits per heavy atom. The summed E-state index contributed by atoms with van der Waals surface area (Å²) in [6.45, 7) is 0.381. The smallest absolute Gasteiger partial charge is 0.242 e. The van der Waals surface area contributed by atoms with Crippen LogP contribution in [0.5, 0.6) is 0 Å². The van der Waals surface area contributed by atoms with Gasteiger partial charge in [-0.2, -0.15) is 11.8 Å². The van der Waals surface area contributed by atoms with Gasteiger partial charge in [-0.3, -0.25) is 4.79 Å². The van der Waals surface area contributed by atoms with Gasteiger partial charge >= 0.3 is 0 Å². The van der Waals surface area contributed by atoms with E-state index in [0.29, 0.717) is 24.7 Å². The SMILES string of the molecule is CSCc1nc2ccccc2n1CC(=O)N(C)C1CC2CCC(C1)N2.Cl.Cl. The first-order chi connectivity index (χ1) is 12.2. The lowest BCUT2D eigenvalue weighted by molar-refractivity contribution is -0.133. The topological polar surface area (TPSA) is 50.2 Å². The van der Waals surface area contributed by atoms with Gasteiger partial charge in [0.05, 0.1) is 16.8 Å². The fraction of sp³-hybridized carbons (Fsp3) is 0.579. The maximum absolute atomic E-state index is 13.0. The molecule has 3 heterocycles. The van der Waals surface area contributed by atoms with Crippen LogP contribution in [0.4, 0.5) is 0 Å². The van der Waals surface area contributed by atoms with Crippen LogP contribution < -0.4 is 5.32 Å². The van der Waals surface area contributed by atoms with Gasteiger partial charge in [0, 0.05) is 25.2 Å². The van der Waals surface area contributed by atoms with Gasteiger partial charge in [-0.1, -0.05) is 12.1 Å². The van der Waals surface area contributed by atoms with E-state index in [9.17, 15) is 4.79 Å². The molecule has 2 aromatic rings. The second kappa shape index (κ2) is 9.50. The van der Waals surface area contributed by atoms with E-state index in [2.05, 4.69) is 22.2 Å². The summed E-state index contributed by atoms with van der Waals surface area (Å²) in [7, 11) is 1.98. The van der Waals surface area contributed by atoms with Crippen LogP contribution in [0, 0.1) is 0 Å². The van der Waals surface area contributed by atoms with Crippen molar-refractivity contribution in [1.29, 1.82) is 0 Å². The molecule has 2 bridgehead atoms. The van der Waals surface area contributed by atoms with E-state index in [1.807, 2.05) is 30.1 Å². The van der Waals surface area contributed by atoms with Crippen LogP contribution in [-0.4, -0.2) is 51.8 Å². The van der Waals surface area contributed by atoms with E-state index in [1.54, 1.807) is 11.8 Å². The fourth-order valence-electron chi connectivity index (χ4n) is 4.33. The first kappa shape index (κ1) is 22.3. The molecular weight excluding hydrogens is 403 g/mol. The summed E-state index contributed by atoms with van der Waals surface area (Å²) in [5, 5.41) is 3.65. The van der Waals surface area contributed by atoms with Gasteiger partial charge in [-0.25, -0.2) is 4.98 Å². The molecule has 0 radical (unpaired) electrons. The van der Waals surface area contributed by atoms with Crippen molar-refractivity contribution in [3.63, 3.8) is 0 Å². The number of rotatable bonds is 5. The maximum atomic E-state index is 13.0. The number of benzene rings is 1. The van der Waals surface area contributed by atoms with Crippen molar-refractivity contribution in [1.82, 2.24) is 19.8 Å². The molecule has 27 heavy (non-hydrogen) atoms. The lowest BCUT2D eigenvalue weighted by atomic mass is 9.98. The minimum Gasteiger partial charge on any atom is -0.341 e. The second-order valence-corrected chi connectivity index (χ2v) is 8.17. The standard InChI is InChI=1S/C19H26N4OS.2ClH/c1-22(15-9-13-7-8-14(10-15)20-13)19(24)11-23-17-6-4-3-5-16(17)21-18(23)12-25-2;;/h3-6,13-15,20H,7-12H2,1-2H3;2*1H. The van der Waals surface area contributed by atoms with Crippen LogP contribution in [-0.2, 0) is 17.1 Å². The molecule has 0 saturated carbocycles. The Balaban J connectivity index is 0.00000131. The van der Waals surface area contributed by atoms with Crippen molar-refractivity contribution in [2.24, 2.45) is 0 Å². The number of para-hydroxylation sites is 2. The highest BCUT2D eigenvalue weighted by molar-refractivity contribution is 7.97. The van der Waals surface area contributed by atoms with E-state index in [-0.39, 0.29) is 30.7 Å². The summed E-state index contributed by atoms with van der Waals surface area (Å²) in [5.74, 6) is 2.00. The number of likely N-dealkylation sites (N-methyl/N-ethyl adjacent to an activating group) is 1. The molecule has 2 fully saturated rings. The zero-order valence-electron chi connectivity index (χ0n) is 15.8. The summed E-state index contributed by atoms with van der Waals surface area (Å²) < 4.78 is 2.10. The van der Waals surface area contributed by atoms with Gasteiger partial charge in [-0.15, -0.1) is 24.8 Å². The number of hydrogen-bond acceptors (Lipinski definition) is 4. The number of nitrogens with zero attached hydrogens (tertiary/aromatic N) is 3. The van der Waals surface area contributed by atoms with Crippen molar-refractivity contribution in [3.8, 4) is 0 Å². The van der Waals surface area contributed by atoms with E-state index >= 15 is 0 Å². The molecule has 2 aliphatic heterocycles. The van der Waals surface area contributed by atoms with Crippen molar-refractivity contribution in [3.05, 3.63) is 30.1 Å². The highest BCUT2D eigenvalue weighted by Crippen LogP contribution is 2.29. The van der Waals surface area contributed by atoms with Gasteiger partial charge in [0.15, 0.2) is 0 Å². The summed E-state index contributed by atoms with van der Waals surface area (Å²) in [5.41, 5.74) is 2.03. The molecule has 2 saturated heterocycles. The molecule has 2 aliphatic rings. The summed E-state index contributed by atoms with van der Waals surface area (Å²) in [6, 6.07) is 9.66. The summed E-state index contributed by atoms with van der Waals surface area (Å²) in [4.78, 5) is 19.7. The number of amides is 1. The molecule has 2 atom stereocenters. The normalized spacial score (nSPS) is 23.6. The fourth-order valence-corrected chi connectivity index (χ4v) is 4.81. The number of nitrogens with one attached hydrogen (secondary N) is 1. The molecule has 0 aliphatic carbocycles. The Bertz CT molecular complexity index is 772. The van der Waals surface area contributed by atoms with Gasteiger partial charge in [0.1, 0.15) is 12.4 Å². The first-order valence-electron chi connectivity index (χ1n) is 9.10. The van der Waals surface area contributed by atoms with E-state index in [1.165, 1.54) is 12.8 Å². The Morgan fingerprint density at radius 2 is 1.93 bits per heavy atom. The number of piperidine rings is 1. The highest BCUT2D eigenvalue weighted by atomic mass is 35.5. The van der Waals surface area contributed by atoms with Crippen LogP contribution in [0.2, 0.25) is 0 Å². The van der Waals surface area contributed by atoms with E-state index < -0.39 is 0 Å². The molecule has 1 aromatic heterocycles. The van der Waals surface area contributed by atoms with Crippen LogP contribution >= 0.6 is 36.6 Å². The van der Waals surface area contributed by atoms with Crippen molar-refractivity contribution >= 4 is 53.5 Å². The quantitative estimate of drug-likeness (QED) is 0.788. The number of carbonyl (C=O) groups excluding carboxylic acids is 1. The third kappa shape index (κ3) is 4.56. The van der Waals surface area contributed by atoms with E-state index in [0.717, 1.165) is 35.5 Å². The van der Waals surface area contributed by atoms with Crippen LogP contribution in [0.1, 0.15) is 31.5 Å². The zero-order valence-corrected chi connectivity index (χ0v) is 18.2. The Labute approximate surface area is 177 Å². The number of carbonyl (C=O) groups is 1. The van der Waals surface area contributed by atoms with Crippen LogP contribution in [0.25, 0.3) is 11.0 Å². The van der Waals surface area contributed by atoms with Gasteiger partial charge < -0.3 is 14.8 Å². The second-order valence-electron chi connectivity index (χ2n) is 7.30. The molecule has 4 rings (SSSR count). The molecule has 1 amide bonds. The predicted octanol–water partition coefficient (Wildman–Crippen LogP) is 3.48. The number of aromatic nitrogens is 2. The van der Waals surface area contributed by atoms with E-state index in [4.69, 9.17) is 4.98 Å². The summed E-state index contributed by atoms with van der Waals surface area (Å²) in [6.07, 6.45) is 6.76. The molecule has 1 N–H and O–H groups in total. The first-order valence-corrected chi connectivity index (χ1v) is 10.5. The van der Waals surface area contributed by atoms with Crippen molar-refractivity contribution < 1.29 is 4.79 Å². The Hall–Kier alpha value is -0.950. The van der Waals surface area contributed by atoms with Gasteiger partial charge in [0.25, 0.3) is 0 Å². The largest absolute Gasteiger partial charge is 0.341 e. The number of imidazole rings is 1. The average molecular weight is 431 g/mol. The molecule has 5 nitrogen and oxygen atoms in total. The minimum atomic E-state index is 0. The number of fused-ring (bicyclic) bond motifs is 3. The molecule has 150 valence electrons. The zero-order chi connectivity index (χ0) is 17.4. The van der Waals surface area contributed by atoms with Crippen molar-refractivity contribution in [2.45, 2.75) is 56.1 Å². The maximum Gasteiger partial charge on any atom is 0.242 e. The summed E-state index contributed by atoms with van der Waals surface area (Å²) >= 11 is 1.74. The third-order valence-electron chi connectivity index (χ3n) is 5.69.